The van der Waals surface area contributed by atoms with E-state index >= 15 is 0 Å². The van der Waals surface area contributed by atoms with E-state index < -0.39 is 11.8 Å². The molecule has 4 N–H and O–H groups in total. The smallest absolute Gasteiger partial charge is 0.344 e. The van der Waals surface area contributed by atoms with E-state index in [2.05, 4.69) is 15.1 Å². The summed E-state index contributed by atoms with van der Waals surface area (Å²) in [6.07, 6.45) is 0. The number of carbonyl (C=O) groups excluding carboxylic acids is 1. The molecule has 0 bridgehead atoms. The fourth-order valence-electron chi connectivity index (χ4n) is 1.39. The first-order valence-electron chi connectivity index (χ1n) is 3.99. The predicted octanol–water partition coefficient (Wildman–Crippen LogP) is 0.467. The molecule has 15 heavy (non-hydrogen) atoms. The zero-order valence-corrected chi connectivity index (χ0v) is 7.41. The topological polar surface area (TPSA) is 118 Å². The van der Waals surface area contributed by atoms with Gasteiger partial charge in [0.2, 0.25) is 0 Å². The second-order valence-electron chi connectivity index (χ2n) is 2.97. The fourth-order valence-corrected chi connectivity index (χ4v) is 1.39. The van der Waals surface area contributed by atoms with Gasteiger partial charge in [-0.3, -0.25) is 4.79 Å². The average Bonchev–Trinajstić information content (AvgIpc) is 2.24. The molecule has 2 rings (SSSR count). The third-order valence-electron chi connectivity index (χ3n) is 2.06. The van der Waals surface area contributed by atoms with Gasteiger partial charge < -0.3 is 10.8 Å². The maximum absolute atomic E-state index is 11.3. The van der Waals surface area contributed by atoms with Crippen LogP contribution in [0, 0.1) is 0 Å². The number of amides is 1. The number of anilines is 1. The zero-order valence-electron chi connectivity index (χ0n) is 7.41. The molecule has 0 aromatic heterocycles. The van der Waals surface area contributed by atoms with Gasteiger partial charge in [0.1, 0.15) is 0 Å². The molecule has 0 radical (unpaired) electrons. The first-order chi connectivity index (χ1) is 7.08. The molecule has 1 heterocycles. The van der Waals surface area contributed by atoms with Gasteiger partial charge in [0.05, 0.1) is 11.1 Å². The van der Waals surface area contributed by atoms with Gasteiger partial charge in [-0.15, -0.1) is 10.2 Å². The molecule has 1 unspecified atom stereocenters. The monoisotopic (exact) mass is 209 g/mol. The highest BCUT2D eigenvalue weighted by Crippen LogP contribution is 2.35. The molecule has 1 aromatic rings. The van der Waals surface area contributed by atoms with Crippen molar-refractivity contribution in [2.75, 3.05) is 5.73 Å². The highest BCUT2D eigenvalue weighted by molar-refractivity contribution is 5.98. The lowest BCUT2D eigenvalue weighted by Crippen LogP contribution is -2.31. The first-order valence-corrected chi connectivity index (χ1v) is 3.99. The number of rotatable bonds is 1. The molecule has 1 aromatic carbocycles. The maximum atomic E-state index is 11.3. The summed E-state index contributed by atoms with van der Waals surface area (Å²) in [5, 5.41) is 24.5. The molecule has 78 valence electrons. The number of hydrogen-bond donors (Lipinski definition) is 3. The van der Waals surface area contributed by atoms with Crippen LogP contribution in [0.15, 0.2) is 28.4 Å². The van der Waals surface area contributed by atoms with Crippen LogP contribution < -0.4 is 5.73 Å². The second kappa shape index (κ2) is 3.09. The maximum Gasteiger partial charge on any atom is 0.344 e. The van der Waals surface area contributed by atoms with E-state index in [-0.39, 0.29) is 16.8 Å². The number of nitrogen functional groups attached to an aromatic ring is 1. The minimum atomic E-state index is -2.41. The summed E-state index contributed by atoms with van der Waals surface area (Å²) in [5.74, 6) is -3.06. The van der Waals surface area contributed by atoms with Crippen LogP contribution in [0.4, 0.5) is 5.69 Å². The Morgan fingerprint density at radius 3 is 2.87 bits per heavy atom. The molecule has 1 amide bonds. The van der Waals surface area contributed by atoms with E-state index in [1.807, 2.05) is 0 Å². The van der Waals surface area contributed by atoms with Gasteiger partial charge in [-0.05, 0) is 12.1 Å². The Bertz CT molecular complexity index is 459. The standard InChI is InChI=1S/C8H7N3O4/c9-5-3-1-2-4-6(5)8(13,15-14)11-10-7(4)12/h1-3,13-14H,9H2. The van der Waals surface area contributed by atoms with Crippen molar-refractivity contribution < 1.29 is 20.0 Å². The molecule has 1 aliphatic heterocycles. The van der Waals surface area contributed by atoms with Crippen LogP contribution >= 0.6 is 0 Å². The van der Waals surface area contributed by atoms with Crippen molar-refractivity contribution in [2.24, 2.45) is 10.2 Å². The van der Waals surface area contributed by atoms with Gasteiger partial charge in [0.25, 0.3) is 5.91 Å². The molecule has 0 saturated heterocycles. The average molecular weight is 209 g/mol. The largest absolute Gasteiger partial charge is 0.398 e. The molecule has 0 spiro atoms. The lowest BCUT2D eigenvalue weighted by Gasteiger charge is -2.24. The van der Waals surface area contributed by atoms with Crippen molar-refractivity contribution in [3.63, 3.8) is 0 Å². The van der Waals surface area contributed by atoms with Crippen LogP contribution in [0.5, 0.6) is 0 Å². The number of carbonyl (C=O) groups is 1. The second-order valence-corrected chi connectivity index (χ2v) is 2.97. The van der Waals surface area contributed by atoms with Crippen LogP contribution in [0.2, 0.25) is 0 Å². The van der Waals surface area contributed by atoms with Gasteiger partial charge in [0.15, 0.2) is 0 Å². The minimum absolute atomic E-state index is 0.0431. The van der Waals surface area contributed by atoms with E-state index in [1.54, 1.807) is 0 Å². The van der Waals surface area contributed by atoms with E-state index in [0.29, 0.717) is 0 Å². The Balaban J connectivity index is 2.73. The number of aliphatic hydroxyl groups is 1. The summed E-state index contributed by atoms with van der Waals surface area (Å²) in [7, 11) is 0. The number of fused-ring (bicyclic) bond motifs is 1. The Morgan fingerprint density at radius 1 is 1.47 bits per heavy atom. The van der Waals surface area contributed by atoms with Crippen molar-refractivity contribution in [3.05, 3.63) is 29.3 Å². The Hall–Kier alpha value is -1.83. The highest BCUT2D eigenvalue weighted by atomic mass is 17.1. The van der Waals surface area contributed by atoms with Crippen molar-refractivity contribution in [3.8, 4) is 0 Å². The van der Waals surface area contributed by atoms with Crippen LogP contribution in [-0.4, -0.2) is 16.3 Å². The molecule has 1 aliphatic rings. The third-order valence-corrected chi connectivity index (χ3v) is 2.06. The van der Waals surface area contributed by atoms with Gasteiger partial charge in [-0.1, -0.05) is 6.07 Å². The van der Waals surface area contributed by atoms with Crippen LogP contribution in [0.1, 0.15) is 15.9 Å². The SMILES string of the molecule is Nc1cccc2c1C(O)(OO)N=NC2=O. The molecular weight excluding hydrogens is 202 g/mol. The van der Waals surface area contributed by atoms with Crippen molar-refractivity contribution in [2.45, 2.75) is 5.91 Å². The Kier molecular flexibility index (Phi) is 2.00. The third kappa shape index (κ3) is 1.30. The normalized spacial score (nSPS) is 24.0. The van der Waals surface area contributed by atoms with E-state index in [9.17, 15) is 9.90 Å². The van der Waals surface area contributed by atoms with Gasteiger partial charge in [-0.25, -0.2) is 5.26 Å². The lowest BCUT2D eigenvalue weighted by atomic mass is 10.0. The number of benzene rings is 1. The quantitative estimate of drug-likeness (QED) is 0.269. The van der Waals surface area contributed by atoms with Gasteiger partial charge in [0, 0.05) is 5.69 Å². The van der Waals surface area contributed by atoms with Crippen LogP contribution in [0.3, 0.4) is 0 Å². The molecule has 0 aliphatic carbocycles. The zero-order chi connectivity index (χ0) is 11.1. The number of azo groups is 1. The van der Waals surface area contributed by atoms with Crippen molar-refractivity contribution in [1.82, 2.24) is 0 Å². The molecule has 7 heteroatoms. The summed E-state index contributed by atoms with van der Waals surface area (Å²) in [5.41, 5.74) is 5.57. The molecular formula is C8H7N3O4. The van der Waals surface area contributed by atoms with E-state index in [1.165, 1.54) is 18.2 Å². The minimum Gasteiger partial charge on any atom is -0.398 e. The summed E-state index contributed by atoms with van der Waals surface area (Å²) in [6, 6.07) is 4.36. The highest BCUT2D eigenvalue weighted by Gasteiger charge is 2.40. The molecule has 7 nitrogen and oxygen atoms in total. The summed E-state index contributed by atoms with van der Waals surface area (Å²) < 4.78 is 0. The summed E-state index contributed by atoms with van der Waals surface area (Å²) in [6.45, 7) is 0. The molecule has 0 saturated carbocycles. The van der Waals surface area contributed by atoms with Crippen LogP contribution in [-0.2, 0) is 10.8 Å². The molecule has 1 atom stereocenters. The van der Waals surface area contributed by atoms with Crippen molar-refractivity contribution >= 4 is 11.6 Å². The predicted molar refractivity (Wildman–Crippen MR) is 47.7 cm³/mol. The van der Waals surface area contributed by atoms with E-state index in [0.717, 1.165) is 0 Å². The van der Waals surface area contributed by atoms with Crippen LogP contribution in [0.25, 0.3) is 0 Å². The fraction of sp³-hybridized carbons (Fsp3) is 0.125. The van der Waals surface area contributed by atoms with Crippen molar-refractivity contribution in [1.29, 1.82) is 0 Å². The summed E-state index contributed by atoms with van der Waals surface area (Å²) in [4.78, 5) is 15.1. The lowest BCUT2D eigenvalue weighted by molar-refractivity contribution is -0.400. The summed E-state index contributed by atoms with van der Waals surface area (Å²) >= 11 is 0. The molecule has 0 fully saturated rings. The number of nitrogens with two attached hydrogens (primary N) is 1. The number of hydrogen-bond acceptors (Lipinski definition) is 6. The van der Waals surface area contributed by atoms with Gasteiger partial charge >= 0.3 is 5.91 Å². The number of nitrogens with zero attached hydrogens (tertiary/aromatic N) is 2. The first kappa shape index (κ1) is 9.71. The Labute approximate surface area is 83.7 Å². The van der Waals surface area contributed by atoms with Gasteiger partial charge in [-0.2, -0.15) is 4.89 Å². The van der Waals surface area contributed by atoms with E-state index in [4.69, 9.17) is 11.0 Å². The Morgan fingerprint density at radius 2 is 2.20 bits per heavy atom.